The van der Waals surface area contributed by atoms with Gasteiger partial charge in [0.2, 0.25) is 0 Å². The minimum absolute atomic E-state index is 0.139. The van der Waals surface area contributed by atoms with Crippen LogP contribution in [0.5, 0.6) is 0 Å². The first kappa shape index (κ1) is 15.4. The van der Waals surface area contributed by atoms with Crippen molar-refractivity contribution in [2.75, 3.05) is 5.32 Å². The Morgan fingerprint density at radius 1 is 1.35 bits per heavy atom. The number of rotatable bonds is 4. The van der Waals surface area contributed by atoms with Crippen LogP contribution in [-0.2, 0) is 6.67 Å². The van der Waals surface area contributed by atoms with Crippen molar-refractivity contribution in [1.82, 2.24) is 19.6 Å². The highest BCUT2D eigenvalue weighted by atomic mass is 79.9. The number of halogens is 2. The Balaban J connectivity index is 1.72. The van der Waals surface area contributed by atoms with Gasteiger partial charge in [0, 0.05) is 12.4 Å². The standard InChI is InChI=1S/C15H13BrFN5O/c1-10-2-3-12(17)14(6-10)19-15(23)13-4-5-21(20-13)9-22-8-11(16)7-18-22/h2-8H,9H2,1H3,(H,19,23). The molecule has 2 aromatic heterocycles. The fraction of sp³-hybridized carbons (Fsp3) is 0.133. The van der Waals surface area contributed by atoms with E-state index >= 15 is 0 Å². The lowest BCUT2D eigenvalue weighted by atomic mass is 10.2. The predicted molar refractivity (Wildman–Crippen MR) is 86.6 cm³/mol. The molecule has 0 atom stereocenters. The molecule has 2 heterocycles. The molecule has 0 unspecified atom stereocenters. The zero-order valence-electron chi connectivity index (χ0n) is 12.2. The smallest absolute Gasteiger partial charge is 0.276 e. The molecule has 0 radical (unpaired) electrons. The van der Waals surface area contributed by atoms with Crippen LogP contribution in [-0.4, -0.2) is 25.5 Å². The van der Waals surface area contributed by atoms with E-state index < -0.39 is 11.7 Å². The maximum atomic E-state index is 13.7. The van der Waals surface area contributed by atoms with Crippen LogP contribution in [0.1, 0.15) is 16.1 Å². The minimum Gasteiger partial charge on any atom is -0.318 e. The molecular formula is C15H13BrFN5O. The van der Waals surface area contributed by atoms with Gasteiger partial charge in [0.1, 0.15) is 12.5 Å². The Labute approximate surface area is 140 Å². The van der Waals surface area contributed by atoms with Gasteiger partial charge in [-0.15, -0.1) is 0 Å². The van der Waals surface area contributed by atoms with Gasteiger partial charge in [-0.2, -0.15) is 10.2 Å². The number of aryl methyl sites for hydroxylation is 1. The maximum absolute atomic E-state index is 13.7. The normalized spacial score (nSPS) is 10.7. The van der Waals surface area contributed by atoms with Crippen LogP contribution in [0.25, 0.3) is 0 Å². The molecule has 0 spiro atoms. The van der Waals surface area contributed by atoms with E-state index in [-0.39, 0.29) is 11.4 Å². The largest absolute Gasteiger partial charge is 0.318 e. The number of carbonyl (C=O) groups is 1. The highest BCUT2D eigenvalue weighted by Gasteiger charge is 2.12. The van der Waals surface area contributed by atoms with E-state index in [1.54, 1.807) is 46.2 Å². The van der Waals surface area contributed by atoms with E-state index in [2.05, 4.69) is 31.4 Å². The fourth-order valence-electron chi connectivity index (χ4n) is 2.05. The monoisotopic (exact) mass is 377 g/mol. The SMILES string of the molecule is Cc1ccc(F)c(NC(=O)c2ccn(Cn3cc(Br)cn3)n2)c1. The maximum Gasteiger partial charge on any atom is 0.276 e. The second kappa shape index (κ2) is 6.33. The van der Waals surface area contributed by atoms with Crippen LogP contribution >= 0.6 is 15.9 Å². The molecule has 118 valence electrons. The number of anilines is 1. The molecule has 23 heavy (non-hydrogen) atoms. The van der Waals surface area contributed by atoms with Crippen molar-refractivity contribution in [1.29, 1.82) is 0 Å². The first-order valence-electron chi connectivity index (χ1n) is 6.80. The van der Waals surface area contributed by atoms with Crippen molar-refractivity contribution in [3.8, 4) is 0 Å². The third-order valence-corrected chi connectivity index (χ3v) is 3.54. The van der Waals surface area contributed by atoms with Crippen LogP contribution in [0.2, 0.25) is 0 Å². The van der Waals surface area contributed by atoms with E-state index in [1.807, 2.05) is 6.92 Å². The summed E-state index contributed by atoms with van der Waals surface area (Å²) in [6, 6.07) is 6.11. The van der Waals surface area contributed by atoms with Gasteiger partial charge in [0.05, 0.1) is 16.4 Å². The molecule has 0 bridgehead atoms. The number of carbonyl (C=O) groups excluding carboxylic acids is 1. The van der Waals surface area contributed by atoms with E-state index in [0.29, 0.717) is 6.67 Å². The summed E-state index contributed by atoms with van der Waals surface area (Å²) >= 11 is 3.31. The summed E-state index contributed by atoms with van der Waals surface area (Å²) in [4.78, 5) is 12.2. The second-order valence-electron chi connectivity index (χ2n) is 5.02. The quantitative estimate of drug-likeness (QED) is 0.759. The second-order valence-corrected chi connectivity index (χ2v) is 5.93. The van der Waals surface area contributed by atoms with Crippen molar-refractivity contribution in [3.63, 3.8) is 0 Å². The molecule has 0 fully saturated rings. The summed E-state index contributed by atoms with van der Waals surface area (Å²) in [7, 11) is 0. The average molecular weight is 378 g/mol. The molecule has 0 aliphatic heterocycles. The average Bonchev–Trinajstić information content (AvgIpc) is 3.13. The van der Waals surface area contributed by atoms with Crippen molar-refractivity contribution in [2.24, 2.45) is 0 Å². The Kier molecular flexibility index (Phi) is 4.24. The summed E-state index contributed by atoms with van der Waals surface area (Å²) in [5.41, 5.74) is 1.20. The van der Waals surface area contributed by atoms with Crippen LogP contribution in [0.15, 0.2) is 47.3 Å². The third-order valence-electron chi connectivity index (χ3n) is 3.13. The van der Waals surface area contributed by atoms with E-state index in [9.17, 15) is 9.18 Å². The van der Waals surface area contributed by atoms with Crippen LogP contribution < -0.4 is 5.32 Å². The van der Waals surface area contributed by atoms with Gasteiger partial charge >= 0.3 is 0 Å². The van der Waals surface area contributed by atoms with Crippen molar-refractivity contribution < 1.29 is 9.18 Å². The Bertz CT molecular complexity index is 857. The fourth-order valence-corrected chi connectivity index (χ4v) is 2.37. The first-order valence-corrected chi connectivity index (χ1v) is 7.59. The molecule has 3 aromatic rings. The number of nitrogens with zero attached hydrogens (tertiary/aromatic N) is 4. The number of hydrogen-bond acceptors (Lipinski definition) is 3. The van der Waals surface area contributed by atoms with E-state index in [0.717, 1.165) is 10.0 Å². The molecule has 8 heteroatoms. The highest BCUT2D eigenvalue weighted by molar-refractivity contribution is 9.10. The molecule has 6 nitrogen and oxygen atoms in total. The number of amides is 1. The van der Waals surface area contributed by atoms with Gasteiger partial charge in [-0.25, -0.2) is 9.07 Å². The number of aromatic nitrogens is 4. The van der Waals surface area contributed by atoms with E-state index in [4.69, 9.17) is 0 Å². The Morgan fingerprint density at radius 2 is 2.17 bits per heavy atom. The van der Waals surface area contributed by atoms with Gasteiger partial charge in [-0.1, -0.05) is 6.07 Å². The third kappa shape index (κ3) is 3.65. The van der Waals surface area contributed by atoms with Crippen LogP contribution in [0.3, 0.4) is 0 Å². The molecule has 1 N–H and O–H groups in total. The summed E-state index contributed by atoms with van der Waals surface area (Å²) in [5.74, 6) is -0.945. The molecular weight excluding hydrogens is 365 g/mol. The van der Waals surface area contributed by atoms with Gasteiger partial charge < -0.3 is 5.32 Å². The summed E-state index contributed by atoms with van der Waals surface area (Å²) < 4.78 is 17.8. The summed E-state index contributed by atoms with van der Waals surface area (Å²) in [5, 5.41) is 10.8. The lowest BCUT2D eigenvalue weighted by Crippen LogP contribution is -2.15. The van der Waals surface area contributed by atoms with Gasteiger partial charge in [-0.3, -0.25) is 9.48 Å². The number of nitrogens with one attached hydrogen (secondary N) is 1. The van der Waals surface area contributed by atoms with Crippen molar-refractivity contribution in [3.05, 3.63) is 64.4 Å². The minimum atomic E-state index is -0.482. The topological polar surface area (TPSA) is 64.7 Å². The summed E-state index contributed by atoms with van der Waals surface area (Å²) in [6.07, 6.45) is 5.12. The Morgan fingerprint density at radius 3 is 2.91 bits per heavy atom. The van der Waals surface area contributed by atoms with Gasteiger partial charge in [0.15, 0.2) is 5.69 Å². The molecule has 0 aliphatic rings. The number of benzene rings is 1. The molecule has 1 amide bonds. The highest BCUT2D eigenvalue weighted by Crippen LogP contribution is 2.16. The van der Waals surface area contributed by atoms with Gasteiger partial charge in [0.25, 0.3) is 5.91 Å². The van der Waals surface area contributed by atoms with Crippen LogP contribution in [0, 0.1) is 12.7 Å². The van der Waals surface area contributed by atoms with Gasteiger partial charge in [-0.05, 0) is 46.6 Å². The van der Waals surface area contributed by atoms with Crippen LogP contribution in [0.4, 0.5) is 10.1 Å². The zero-order valence-corrected chi connectivity index (χ0v) is 13.8. The van der Waals surface area contributed by atoms with E-state index in [1.165, 1.54) is 6.07 Å². The first-order chi connectivity index (χ1) is 11.0. The predicted octanol–water partition coefficient (Wildman–Crippen LogP) is 3.05. The molecule has 0 saturated carbocycles. The molecule has 3 rings (SSSR count). The molecule has 0 aliphatic carbocycles. The molecule has 1 aromatic carbocycles. The number of hydrogen-bond donors (Lipinski definition) is 1. The zero-order chi connectivity index (χ0) is 16.4. The summed E-state index contributed by atoms with van der Waals surface area (Å²) in [6.45, 7) is 2.20. The lowest BCUT2D eigenvalue weighted by Gasteiger charge is -2.06. The Hall–Kier alpha value is -2.48. The van der Waals surface area contributed by atoms with Crippen molar-refractivity contribution in [2.45, 2.75) is 13.6 Å². The lowest BCUT2D eigenvalue weighted by molar-refractivity contribution is 0.102. The molecule has 0 saturated heterocycles. The van der Waals surface area contributed by atoms with Crippen molar-refractivity contribution >= 4 is 27.5 Å².